The van der Waals surface area contributed by atoms with Gasteiger partial charge >= 0.3 is 0 Å². The molecule has 0 spiro atoms. The SMILES string of the molecule is O=C(Nc1ccc2cn[nH]c2c1)c1cccnc1SC(F)F. The Balaban J connectivity index is 1.84. The van der Waals surface area contributed by atoms with Gasteiger partial charge in [0.15, 0.2) is 0 Å². The monoisotopic (exact) mass is 320 g/mol. The summed E-state index contributed by atoms with van der Waals surface area (Å²) in [5, 5.41) is 10.3. The largest absolute Gasteiger partial charge is 0.322 e. The number of hydrogen-bond acceptors (Lipinski definition) is 4. The molecule has 112 valence electrons. The lowest BCUT2D eigenvalue weighted by Gasteiger charge is -2.08. The molecule has 1 aromatic carbocycles. The molecule has 0 saturated heterocycles. The van der Waals surface area contributed by atoms with E-state index in [4.69, 9.17) is 0 Å². The number of aromatic amines is 1. The van der Waals surface area contributed by atoms with E-state index in [2.05, 4.69) is 20.5 Å². The number of H-pyrrole nitrogens is 1. The molecule has 0 fully saturated rings. The Labute approximate surface area is 128 Å². The molecule has 3 rings (SSSR count). The van der Waals surface area contributed by atoms with E-state index in [0.29, 0.717) is 5.69 Å². The highest BCUT2D eigenvalue weighted by Gasteiger charge is 2.16. The lowest BCUT2D eigenvalue weighted by atomic mass is 10.2. The van der Waals surface area contributed by atoms with Crippen LogP contribution in [-0.2, 0) is 0 Å². The molecule has 0 atom stereocenters. The lowest BCUT2D eigenvalue weighted by Crippen LogP contribution is -2.13. The molecule has 0 unspecified atom stereocenters. The molecule has 22 heavy (non-hydrogen) atoms. The van der Waals surface area contributed by atoms with Crippen molar-refractivity contribution in [2.45, 2.75) is 10.8 Å². The second kappa shape index (κ2) is 6.10. The molecule has 0 aliphatic heterocycles. The fourth-order valence-corrected chi connectivity index (χ4v) is 2.53. The molecule has 3 aromatic rings. The molecule has 1 amide bonds. The molecule has 0 saturated carbocycles. The lowest BCUT2D eigenvalue weighted by molar-refractivity contribution is 0.102. The number of alkyl halides is 2. The van der Waals surface area contributed by atoms with E-state index in [1.807, 2.05) is 0 Å². The van der Waals surface area contributed by atoms with Gasteiger partial charge in [0, 0.05) is 17.3 Å². The number of nitrogens with zero attached hydrogens (tertiary/aromatic N) is 2. The Morgan fingerprint density at radius 2 is 2.18 bits per heavy atom. The van der Waals surface area contributed by atoms with E-state index >= 15 is 0 Å². The van der Waals surface area contributed by atoms with E-state index in [-0.39, 0.29) is 22.4 Å². The van der Waals surface area contributed by atoms with E-state index in [0.717, 1.165) is 10.9 Å². The number of aromatic nitrogens is 3. The average molecular weight is 320 g/mol. The van der Waals surface area contributed by atoms with Gasteiger partial charge in [0.25, 0.3) is 11.7 Å². The maximum Gasteiger partial charge on any atom is 0.290 e. The van der Waals surface area contributed by atoms with Crippen molar-refractivity contribution in [2.24, 2.45) is 0 Å². The first-order chi connectivity index (χ1) is 10.6. The van der Waals surface area contributed by atoms with Crippen molar-refractivity contribution in [3.05, 3.63) is 48.3 Å². The van der Waals surface area contributed by atoms with Gasteiger partial charge in [0.2, 0.25) is 0 Å². The summed E-state index contributed by atoms with van der Waals surface area (Å²) in [7, 11) is 0. The third-order valence-corrected chi connectivity index (χ3v) is 3.64. The number of carbonyl (C=O) groups is 1. The van der Waals surface area contributed by atoms with Crippen molar-refractivity contribution in [1.82, 2.24) is 15.2 Å². The Kier molecular flexibility index (Phi) is 4.01. The molecule has 2 aromatic heterocycles. The van der Waals surface area contributed by atoms with Gasteiger partial charge in [-0.25, -0.2) is 4.98 Å². The van der Waals surface area contributed by atoms with Gasteiger partial charge < -0.3 is 5.32 Å². The van der Waals surface area contributed by atoms with Crippen LogP contribution in [-0.4, -0.2) is 26.8 Å². The second-order valence-corrected chi connectivity index (χ2v) is 5.34. The van der Waals surface area contributed by atoms with Crippen LogP contribution in [0.3, 0.4) is 0 Å². The van der Waals surface area contributed by atoms with Crippen LogP contribution in [0.15, 0.2) is 47.8 Å². The van der Waals surface area contributed by atoms with Crippen LogP contribution in [0.4, 0.5) is 14.5 Å². The highest BCUT2D eigenvalue weighted by Crippen LogP contribution is 2.27. The van der Waals surface area contributed by atoms with Crippen LogP contribution in [0.2, 0.25) is 0 Å². The molecule has 0 aliphatic carbocycles. The number of halogens is 2. The molecule has 0 bridgehead atoms. The Morgan fingerprint density at radius 3 is 3.00 bits per heavy atom. The van der Waals surface area contributed by atoms with Crippen LogP contribution in [0.25, 0.3) is 10.9 Å². The molecule has 2 N–H and O–H groups in total. The quantitative estimate of drug-likeness (QED) is 0.722. The first kappa shape index (κ1) is 14.5. The van der Waals surface area contributed by atoms with Gasteiger partial charge in [0.1, 0.15) is 5.03 Å². The highest BCUT2D eigenvalue weighted by atomic mass is 32.2. The molecule has 0 radical (unpaired) electrons. The van der Waals surface area contributed by atoms with Crippen molar-refractivity contribution >= 4 is 34.3 Å². The summed E-state index contributed by atoms with van der Waals surface area (Å²) in [4.78, 5) is 16.1. The summed E-state index contributed by atoms with van der Waals surface area (Å²) in [6, 6.07) is 8.22. The number of carbonyl (C=O) groups excluding carboxylic acids is 1. The second-order valence-electron chi connectivity index (χ2n) is 4.36. The normalized spacial score (nSPS) is 11.0. The fourth-order valence-electron chi connectivity index (χ4n) is 1.96. The number of benzene rings is 1. The van der Waals surface area contributed by atoms with E-state index < -0.39 is 11.7 Å². The van der Waals surface area contributed by atoms with Crippen molar-refractivity contribution in [3.8, 4) is 0 Å². The first-order valence-corrected chi connectivity index (χ1v) is 7.16. The van der Waals surface area contributed by atoms with E-state index in [1.54, 1.807) is 24.4 Å². The number of hydrogen-bond donors (Lipinski definition) is 2. The minimum absolute atomic E-state index is 0.00221. The van der Waals surface area contributed by atoms with Crippen molar-refractivity contribution in [1.29, 1.82) is 0 Å². The van der Waals surface area contributed by atoms with Crippen LogP contribution in [0.1, 0.15) is 10.4 Å². The fraction of sp³-hybridized carbons (Fsp3) is 0.0714. The highest BCUT2D eigenvalue weighted by molar-refractivity contribution is 7.99. The third-order valence-electron chi connectivity index (χ3n) is 2.92. The van der Waals surface area contributed by atoms with Crippen molar-refractivity contribution < 1.29 is 13.6 Å². The van der Waals surface area contributed by atoms with Crippen LogP contribution in [0, 0.1) is 0 Å². The molecular weight excluding hydrogens is 310 g/mol. The predicted octanol–water partition coefficient (Wildman–Crippen LogP) is 3.52. The van der Waals surface area contributed by atoms with E-state index in [1.165, 1.54) is 18.3 Å². The molecule has 8 heteroatoms. The standard InChI is InChI=1S/C14H10F2N4OS/c15-14(16)22-13-10(2-1-5-17-13)12(21)19-9-4-3-8-7-18-20-11(8)6-9/h1-7,14H,(H,18,20)(H,19,21). The number of anilines is 1. The minimum atomic E-state index is -2.64. The summed E-state index contributed by atoms with van der Waals surface area (Å²) in [6.07, 6.45) is 3.04. The smallest absolute Gasteiger partial charge is 0.290 e. The van der Waals surface area contributed by atoms with Gasteiger partial charge in [-0.15, -0.1) is 0 Å². The zero-order chi connectivity index (χ0) is 15.5. The van der Waals surface area contributed by atoms with Gasteiger partial charge in [-0.1, -0.05) is 0 Å². The number of thioether (sulfide) groups is 1. The van der Waals surface area contributed by atoms with E-state index in [9.17, 15) is 13.6 Å². The average Bonchev–Trinajstić information content (AvgIpc) is 2.94. The summed E-state index contributed by atoms with van der Waals surface area (Å²) >= 11 is 0.246. The number of amides is 1. The minimum Gasteiger partial charge on any atom is -0.322 e. The molecule has 0 aliphatic rings. The Morgan fingerprint density at radius 1 is 1.32 bits per heavy atom. The Hall–Kier alpha value is -2.48. The molecule has 2 heterocycles. The number of fused-ring (bicyclic) bond motifs is 1. The summed E-state index contributed by atoms with van der Waals surface area (Å²) < 4.78 is 25.0. The summed E-state index contributed by atoms with van der Waals surface area (Å²) in [5.41, 5.74) is 1.42. The summed E-state index contributed by atoms with van der Waals surface area (Å²) in [5.74, 6) is -3.13. The van der Waals surface area contributed by atoms with Gasteiger partial charge in [-0.3, -0.25) is 9.89 Å². The van der Waals surface area contributed by atoms with Crippen LogP contribution in [0.5, 0.6) is 0 Å². The Bertz CT molecular complexity index is 821. The molecule has 5 nitrogen and oxygen atoms in total. The van der Waals surface area contributed by atoms with Gasteiger partial charge in [0.05, 0.1) is 17.3 Å². The first-order valence-electron chi connectivity index (χ1n) is 6.28. The van der Waals surface area contributed by atoms with Gasteiger partial charge in [-0.2, -0.15) is 13.9 Å². The number of pyridine rings is 1. The topological polar surface area (TPSA) is 70.7 Å². The number of nitrogens with one attached hydrogen (secondary N) is 2. The zero-order valence-corrected chi connectivity index (χ0v) is 11.9. The van der Waals surface area contributed by atoms with Crippen molar-refractivity contribution in [3.63, 3.8) is 0 Å². The summed E-state index contributed by atoms with van der Waals surface area (Å²) in [6.45, 7) is 0. The predicted molar refractivity (Wildman–Crippen MR) is 80.1 cm³/mol. The van der Waals surface area contributed by atoms with Crippen molar-refractivity contribution in [2.75, 3.05) is 5.32 Å². The van der Waals surface area contributed by atoms with Gasteiger partial charge in [-0.05, 0) is 42.1 Å². The number of rotatable bonds is 4. The zero-order valence-electron chi connectivity index (χ0n) is 11.1. The maximum atomic E-state index is 12.5. The van der Waals surface area contributed by atoms with Crippen LogP contribution >= 0.6 is 11.8 Å². The van der Waals surface area contributed by atoms with Crippen LogP contribution < -0.4 is 5.32 Å². The molecular formula is C14H10F2N4OS. The maximum absolute atomic E-state index is 12.5. The third kappa shape index (κ3) is 3.06.